The van der Waals surface area contributed by atoms with Crippen molar-refractivity contribution in [2.24, 2.45) is 0 Å². The number of aromatic nitrogens is 3. The van der Waals surface area contributed by atoms with Crippen LogP contribution in [0.25, 0.3) is 5.69 Å². The maximum atomic E-state index is 11.8. The third kappa shape index (κ3) is 3.00. The number of thioether (sulfide) groups is 1. The molecule has 1 atom stereocenters. The fourth-order valence-electron chi connectivity index (χ4n) is 3.15. The molecule has 0 saturated carbocycles. The number of esters is 1. The molecule has 2 aromatic rings. The highest BCUT2D eigenvalue weighted by Gasteiger charge is 2.31. The second-order valence-corrected chi connectivity index (χ2v) is 7.23. The molecule has 2 saturated heterocycles. The third-order valence-electron chi connectivity index (χ3n) is 4.40. The zero-order chi connectivity index (χ0) is 16.4. The van der Waals surface area contributed by atoms with Gasteiger partial charge in [0.15, 0.2) is 5.16 Å². The maximum Gasteiger partial charge on any atom is 0.319 e. The normalized spacial score (nSPS) is 21.1. The lowest BCUT2D eigenvalue weighted by atomic mass is 10.1. The maximum absolute atomic E-state index is 11.8. The number of para-hydroxylation sites is 1. The highest BCUT2D eigenvalue weighted by Crippen LogP contribution is 2.33. The lowest BCUT2D eigenvalue weighted by molar-refractivity contribution is -0.137. The van der Waals surface area contributed by atoms with Crippen molar-refractivity contribution in [3.63, 3.8) is 0 Å². The molecule has 0 spiro atoms. The zero-order valence-electron chi connectivity index (χ0n) is 13.4. The average Bonchev–Trinajstić information content (AvgIpc) is 3.23. The summed E-state index contributed by atoms with van der Waals surface area (Å²) in [7, 11) is 0. The summed E-state index contributed by atoms with van der Waals surface area (Å²) in [5.74, 6) is 0.719. The Bertz CT molecular complexity index is 713. The number of ether oxygens (including phenoxy) is 1. The first-order chi connectivity index (χ1) is 11.8. The largest absolute Gasteiger partial charge is 0.465 e. The van der Waals surface area contributed by atoms with Gasteiger partial charge in [-0.05, 0) is 31.4 Å². The number of anilines is 1. The monoisotopic (exact) mass is 344 g/mol. The molecule has 2 fully saturated rings. The van der Waals surface area contributed by atoms with E-state index in [-0.39, 0.29) is 11.2 Å². The molecule has 4 rings (SSSR count). The first-order valence-electron chi connectivity index (χ1n) is 8.42. The molecule has 126 valence electrons. The summed E-state index contributed by atoms with van der Waals surface area (Å²) in [6.45, 7) is 2.50. The van der Waals surface area contributed by atoms with Gasteiger partial charge in [0.05, 0.1) is 12.3 Å². The molecule has 1 aromatic heterocycles. The van der Waals surface area contributed by atoms with Crippen LogP contribution in [0.15, 0.2) is 35.5 Å². The Hall–Kier alpha value is -2.02. The van der Waals surface area contributed by atoms with Gasteiger partial charge in [0.25, 0.3) is 0 Å². The van der Waals surface area contributed by atoms with Gasteiger partial charge < -0.3 is 9.64 Å². The van der Waals surface area contributed by atoms with Crippen molar-refractivity contribution < 1.29 is 9.53 Å². The van der Waals surface area contributed by atoms with Gasteiger partial charge in [0.1, 0.15) is 5.25 Å². The van der Waals surface area contributed by atoms with Crippen LogP contribution < -0.4 is 4.90 Å². The van der Waals surface area contributed by atoms with Crippen LogP contribution in [-0.4, -0.2) is 45.7 Å². The van der Waals surface area contributed by atoms with E-state index in [1.807, 2.05) is 30.3 Å². The molecule has 24 heavy (non-hydrogen) atoms. The smallest absolute Gasteiger partial charge is 0.319 e. The van der Waals surface area contributed by atoms with Crippen LogP contribution in [0.1, 0.15) is 25.7 Å². The van der Waals surface area contributed by atoms with Gasteiger partial charge in [-0.3, -0.25) is 9.36 Å². The molecule has 1 aromatic carbocycles. The van der Waals surface area contributed by atoms with E-state index in [9.17, 15) is 4.79 Å². The van der Waals surface area contributed by atoms with Crippen LogP contribution in [-0.2, 0) is 9.53 Å². The molecule has 0 amide bonds. The third-order valence-corrected chi connectivity index (χ3v) is 5.59. The molecule has 7 heteroatoms. The Morgan fingerprint density at radius 1 is 1.08 bits per heavy atom. The molecule has 6 nitrogen and oxygen atoms in total. The minimum atomic E-state index is -0.189. The van der Waals surface area contributed by atoms with Gasteiger partial charge in [-0.15, -0.1) is 10.2 Å². The molecule has 0 N–H and O–H groups in total. The number of nitrogens with zero attached hydrogens (tertiary/aromatic N) is 4. The average molecular weight is 344 g/mol. The van der Waals surface area contributed by atoms with E-state index in [0.29, 0.717) is 6.61 Å². The van der Waals surface area contributed by atoms with Crippen LogP contribution in [0.2, 0.25) is 0 Å². The van der Waals surface area contributed by atoms with Gasteiger partial charge in [-0.25, -0.2) is 0 Å². The highest BCUT2D eigenvalue weighted by molar-refractivity contribution is 8.00. The van der Waals surface area contributed by atoms with E-state index in [1.54, 1.807) is 0 Å². The van der Waals surface area contributed by atoms with Gasteiger partial charge in [0.2, 0.25) is 5.95 Å². The number of carbonyl (C=O) groups excluding carboxylic acids is 1. The number of piperidine rings is 1. The molecule has 0 bridgehead atoms. The van der Waals surface area contributed by atoms with Gasteiger partial charge in [-0.2, -0.15) is 0 Å². The summed E-state index contributed by atoms with van der Waals surface area (Å²) in [4.78, 5) is 14.1. The fraction of sp³-hybridized carbons (Fsp3) is 0.471. The molecular formula is C17H20N4O2S. The van der Waals surface area contributed by atoms with Crippen LogP contribution in [0.5, 0.6) is 0 Å². The van der Waals surface area contributed by atoms with Gasteiger partial charge in [0, 0.05) is 19.5 Å². The number of carbonyl (C=O) groups is 1. The van der Waals surface area contributed by atoms with Crippen LogP contribution >= 0.6 is 11.8 Å². The molecule has 2 aliphatic rings. The van der Waals surface area contributed by atoms with Crippen molar-refractivity contribution in [2.75, 3.05) is 24.6 Å². The van der Waals surface area contributed by atoms with E-state index < -0.39 is 0 Å². The second kappa shape index (κ2) is 6.84. The minimum Gasteiger partial charge on any atom is -0.465 e. The predicted molar refractivity (Wildman–Crippen MR) is 92.6 cm³/mol. The van der Waals surface area contributed by atoms with Crippen molar-refractivity contribution in [1.29, 1.82) is 0 Å². The molecule has 0 aliphatic carbocycles. The zero-order valence-corrected chi connectivity index (χ0v) is 14.2. The van der Waals surface area contributed by atoms with E-state index in [1.165, 1.54) is 31.0 Å². The lowest BCUT2D eigenvalue weighted by Crippen LogP contribution is -2.31. The van der Waals surface area contributed by atoms with Crippen molar-refractivity contribution in [1.82, 2.24) is 14.8 Å². The van der Waals surface area contributed by atoms with Crippen molar-refractivity contribution in [3.8, 4) is 5.69 Å². The first-order valence-corrected chi connectivity index (χ1v) is 9.30. The highest BCUT2D eigenvalue weighted by atomic mass is 32.2. The topological polar surface area (TPSA) is 60.2 Å². The Morgan fingerprint density at radius 2 is 1.88 bits per heavy atom. The van der Waals surface area contributed by atoms with Gasteiger partial charge >= 0.3 is 5.97 Å². The Labute approximate surface area is 145 Å². The fourth-order valence-corrected chi connectivity index (χ4v) is 4.17. The van der Waals surface area contributed by atoms with Gasteiger partial charge in [-0.1, -0.05) is 30.0 Å². The molecule has 0 unspecified atom stereocenters. The second-order valence-electron chi connectivity index (χ2n) is 6.06. The van der Waals surface area contributed by atoms with E-state index in [0.717, 1.165) is 36.3 Å². The SMILES string of the molecule is O=C1OCC[C@H]1Sc1nnc(N2CCCCC2)n1-c1ccccc1. The van der Waals surface area contributed by atoms with Crippen LogP contribution in [0, 0.1) is 0 Å². The number of hydrogen-bond acceptors (Lipinski definition) is 6. The van der Waals surface area contributed by atoms with Crippen LogP contribution in [0.4, 0.5) is 5.95 Å². The van der Waals surface area contributed by atoms with Crippen molar-refractivity contribution >= 4 is 23.7 Å². The number of benzene rings is 1. The van der Waals surface area contributed by atoms with E-state index >= 15 is 0 Å². The summed E-state index contributed by atoms with van der Waals surface area (Å²) in [5.41, 5.74) is 1.02. The first kappa shape index (κ1) is 15.5. The predicted octanol–water partition coefficient (Wildman–Crippen LogP) is 2.67. The standard InChI is InChI=1S/C17H20N4O2S/c22-15-14(9-12-23-15)24-17-19-18-16(20-10-5-2-6-11-20)21(17)13-7-3-1-4-8-13/h1,3-4,7-8,14H,2,5-6,9-12H2/t14-/m1/s1. The summed E-state index contributed by atoms with van der Waals surface area (Å²) in [6, 6.07) is 10.1. The van der Waals surface area contributed by atoms with E-state index in [4.69, 9.17) is 4.74 Å². The summed E-state index contributed by atoms with van der Waals surface area (Å²) in [6.07, 6.45) is 4.36. The quantitative estimate of drug-likeness (QED) is 0.795. The number of hydrogen-bond donors (Lipinski definition) is 0. The Morgan fingerprint density at radius 3 is 2.58 bits per heavy atom. The number of cyclic esters (lactones) is 1. The Balaban J connectivity index is 1.70. The number of rotatable bonds is 4. The molecule has 0 radical (unpaired) electrons. The van der Waals surface area contributed by atoms with Crippen LogP contribution in [0.3, 0.4) is 0 Å². The summed E-state index contributed by atoms with van der Waals surface area (Å²) in [5, 5.41) is 9.41. The molecule has 2 aliphatic heterocycles. The summed E-state index contributed by atoms with van der Waals surface area (Å²) >= 11 is 1.45. The van der Waals surface area contributed by atoms with Crippen molar-refractivity contribution in [3.05, 3.63) is 30.3 Å². The Kier molecular flexibility index (Phi) is 4.42. The minimum absolute atomic E-state index is 0.151. The molecule has 3 heterocycles. The lowest BCUT2D eigenvalue weighted by Gasteiger charge is -2.27. The van der Waals surface area contributed by atoms with E-state index in [2.05, 4.69) is 19.7 Å². The summed E-state index contributed by atoms with van der Waals surface area (Å²) < 4.78 is 7.15. The molecular weight excluding hydrogens is 324 g/mol. The van der Waals surface area contributed by atoms with Crippen molar-refractivity contribution in [2.45, 2.75) is 36.1 Å².